The molecule has 1 aliphatic rings. The molecule has 2 heterocycles. The fourth-order valence-corrected chi connectivity index (χ4v) is 2.35. The molecule has 1 unspecified atom stereocenters. The molecular formula is C12H18F3N3. The summed E-state index contributed by atoms with van der Waals surface area (Å²) >= 11 is 0. The predicted molar refractivity (Wildman–Crippen MR) is 62.1 cm³/mol. The van der Waals surface area contributed by atoms with Crippen molar-refractivity contribution in [2.75, 3.05) is 6.54 Å². The number of nitrogens with zero attached hydrogens (tertiary/aromatic N) is 2. The molecule has 6 heteroatoms. The van der Waals surface area contributed by atoms with Gasteiger partial charge in [0.15, 0.2) is 0 Å². The molecule has 102 valence electrons. The van der Waals surface area contributed by atoms with E-state index in [-0.39, 0.29) is 6.42 Å². The number of aryl methyl sites for hydroxylation is 1. The lowest BCUT2D eigenvalue weighted by Crippen LogP contribution is -2.17. The van der Waals surface area contributed by atoms with Gasteiger partial charge in [-0.2, -0.15) is 13.2 Å². The van der Waals surface area contributed by atoms with E-state index < -0.39 is 12.6 Å². The van der Waals surface area contributed by atoms with Crippen LogP contribution >= 0.6 is 0 Å². The van der Waals surface area contributed by atoms with Gasteiger partial charge in [0.2, 0.25) is 0 Å². The number of hydrogen-bond acceptors (Lipinski definition) is 2. The maximum Gasteiger partial charge on any atom is 0.389 e. The van der Waals surface area contributed by atoms with Crippen molar-refractivity contribution in [3.8, 4) is 0 Å². The van der Waals surface area contributed by atoms with E-state index in [4.69, 9.17) is 0 Å². The molecule has 0 amide bonds. The summed E-state index contributed by atoms with van der Waals surface area (Å²) in [6.45, 7) is 1.62. The molecule has 1 aromatic heterocycles. The van der Waals surface area contributed by atoms with E-state index in [2.05, 4.69) is 10.3 Å². The number of halogens is 3. The van der Waals surface area contributed by atoms with E-state index in [0.29, 0.717) is 19.0 Å². The summed E-state index contributed by atoms with van der Waals surface area (Å²) in [6, 6.07) is 0.315. The highest BCUT2D eigenvalue weighted by molar-refractivity contribution is 5.07. The molecular weight excluding hydrogens is 243 g/mol. The van der Waals surface area contributed by atoms with Crippen LogP contribution in [0.15, 0.2) is 12.5 Å². The fraction of sp³-hybridized carbons (Fsp3) is 0.750. The van der Waals surface area contributed by atoms with Crippen LogP contribution in [0, 0.1) is 0 Å². The topological polar surface area (TPSA) is 29.9 Å². The third kappa shape index (κ3) is 3.73. The van der Waals surface area contributed by atoms with Crippen molar-refractivity contribution in [2.45, 2.75) is 50.9 Å². The molecule has 1 N–H and O–H groups in total. The Morgan fingerprint density at radius 3 is 2.89 bits per heavy atom. The summed E-state index contributed by atoms with van der Waals surface area (Å²) in [5.74, 6) is 0. The second kappa shape index (κ2) is 5.73. The van der Waals surface area contributed by atoms with Gasteiger partial charge in [-0.25, -0.2) is 4.98 Å². The molecule has 1 aromatic rings. The van der Waals surface area contributed by atoms with Gasteiger partial charge < -0.3 is 9.88 Å². The van der Waals surface area contributed by atoms with Crippen LogP contribution in [0.5, 0.6) is 0 Å². The Morgan fingerprint density at radius 1 is 1.39 bits per heavy atom. The summed E-state index contributed by atoms with van der Waals surface area (Å²) in [4.78, 5) is 4.09. The van der Waals surface area contributed by atoms with Gasteiger partial charge in [0.25, 0.3) is 0 Å². The quantitative estimate of drug-likeness (QED) is 0.826. The van der Waals surface area contributed by atoms with Crippen LogP contribution < -0.4 is 5.32 Å². The third-order valence-electron chi connectivity index (χ3n) is 3.27. The highest BCUT2D eigenvalue weighted by atomic mass is 19.4. The number of rotatable bonds is 5. The van der Waals surface area contributed by atoms with Gasteiger partial charge in [-0.3, -0.25) is 0 Å². The second-order valence-corrected chi connectivity index (χ2v) is 4.73. The van der Waals surface area contributed by atoms with E-state index in [9.17, 15) is 13.2 Å². The molecule has 0 radical (unpaired) electrons. The average molecular weight is 261 g/mol. The van der Waals surface area contributed by atoms with Crippen LogP contribution in [0.4, 0.5) is 13.2 Å². The zero-order chi connectivity index (χ0) is 13.0. The van der Waals surface area contributed by atoms with Crippen LogP contribution in [0.1, 0.15) is 43.8 Å². The van der Waals surface area contributed by atoms with Crippen LogP contribution in [-0.2, 0) is 6.54 Å². The first-order chi connectivity index (χ1) is 8.56. The molecule has 1 atom stereocenters. The molecule has 0 bridgehead atoms. The fourth-order valence-electron chi connectivity index (χ4n) is 2.35. The Bertz CT molecular complexity index is 367. The number of aromatic nitrogens is 2. The highest BCUT2D eigenvalue weighted by Gasteiger charge is 2.26. The largest absolute Gasteiger partial charge is 0.389 e. The maximum absolute atomic E-state index is 12.0. The van der Waals surface area contributed by atoms with Crippen LogP contribution in [0.3, 0.4) is 0 Å². The Balaban J connectivity index is 1.81. The number of alkyl halides is 3. The van der Waals surface area contributed by atoms with E-state index in [1.807, 2.05) is 10.8 Å². The standard InChI is InChI=1S/C12H18F3N3/c13-12(14,15)5-1-2-7-18-9-16-8-11(18)10-4-3-6-17-10/h8-10,17H,1-7H2. The minimum atomic E-state index is -4.04. The van der Waals surface area contributed by atoms with Crippen LogP contribution in [0.2, 0.25) is 0 Å². The Morgan fingerprint density at radius 2 is 2.22 bits per heavy atom. The molecule has 0 aromatic carbocycles. The van der Waals surface area contributed by atoms with Crippen molar-refractivity contribution in [3.63, 3.8) is 0 Å². The van der Waals surface area contributed by atoms with Gasteiger partial charge >= 0.3 is 6.18 Å². The van der Waals surface area contributed by atoms with Crippen LogP contribution in [0.25, 0.3) is 0 Å². The minimum absolute atomic E-state index is 0.180. The molecule has 18 heavy (non-hydrogen) atoms. The molecule has 1 aliphatic heterocycles. The van der Waals surface area contributed by atoms with E-state index in [1.54, 1.807) is 6.33 Å². The maximum atomic E-state index is 12.0. The van der Waals surface area contributed by atoms with Gasteiger partial charge in [0.1, 0.15) is 0 Å². The van der Waals surface area contributed by atoms with Crippen molar-refractivity contribution in [1.29, 1.82) is 0 Å². The minimum Gasteiger partial charge on any atom is -0.333 e. The summed E-state index contributed by atoms with van der Waals surface area (Å²) < 4.78 is 38.0. The molecule has 1 fully saturated rings. The van der Waals surface area contributed by atoms with Gasteiger partial charge in [-0.1, -0.05) is 0 Å². The normalized spacial score (nSPS) is 20.5. The van der Waals surface area contributed by atoms with Gasteiger partial charge in [-0.05, 0) is 32.2 Å². The van der Waals surface area contributed by atoms with Crippen molar-refractivity contribution >= 4 is 0 Å². The summed E-state index contributed by atoms with van der Waals surface area (Å²) in [6.07, 6.45) is 1.73. The number of hydrogen-bond donors (Lipinski definition) is 1. The van der Waals surface area contributed by atoms with E-state index >= 15 is 0 Å². The molecule has 2 rings (SSSR count). The molecule has 3 nitrogen and oxygen atoms in total. The first-order valence-corrected chi connectivity index (χ1v) is 6.36. The number of unbranched alkanes of at least 4 members (excludes halogenated alkanes) is 1. The Kier molecular flexibility index (Phi) is 4.27. The highest BCUT2D eigenvalue weighted by Crippen LogP contribution is 2.24. The second-order valence-electron chi connectivity index (χ2n) is 4.73. The van der Waals surface area contributed by atoms with E-state index in [0.717, 1.165) is 25.1 Å². The van der Waals surface area contributed by atoms with E-state index in [1.165, 1.54) is 0 Å². The average Bonchev–Trinajstić information content (AvgIpc) is 2.93. The summed E-state index contributed by atoms with van der Waals surface area (Å²) in [7, 11) is 0. The lowest BCUT2D eigenvalue weighted by atomic mass is 10.1. The van der Waals surface area contributed by atoms with Crippen molar-refractivity contribution < 1.29 is 13.2 Å². The summed E-state index contributed by atoms with van der Waals surface area (Å²) in [5.41, 5.74) is 1.10. The van der Waals surface area contributed by atoms with Crippen molar-refractivity contribution in [1.82, 2.24) is 14.9 Å². The van der Waals surface area contributed by atoms with Crippen LogP contribution in [-0.4, -0.2) is 22.3 Å². The Labute approximate surface area is 104 Å². The first kappa shape index (κ1) is 13.4. The molecule has 0 aliphatic carbocycles. The number of imidazole rings is 1. The van der Waals surface area contributed by atoms with Gasteiger partial charge in [0, 0.05) is 25.2 Å². The summed E-state index contributed by atoms with van der Waals surface area (Å²) in [5, 5.41) is 3.37. The van der Waals surface area contributed by atoms with Gasteiger partial charge in [-0.15, -0.1) is 0 Å². The zero-order valence-electron chi connectivity index (χ0n) is 10.2. The van der Waals surface area contributed by atoms with Crippen molar-refractivity contribution in [3.05, 3.63) is 18.2 Å². The van der Waals surface area contributed by atoms with Gasteiger partial charge in [0.05, 0.1) is 12.0 Å². The molecule has 0 saturated carbocycles. The monoisotopic (exact) mass is 261 g/mol. The predicted octanol–water partition coefficient (Wildman–Crippen LogP) is 3.04. The Hall–Kier alpha value is -1.04. The first-order valence-electron chi connectivity index (χ1n) is 6.36. The smallest absolute Gasteiger partial charge is 0.333 e. The lowest BCUT2D eigenvalue weighted by Gasteiger charge is -2.14. The SMILES string of the molecule is FC(F)(F)CCCCn1cncc1C1CCCN1. The molecule has 1 saturated heterocycles. The zero-order valence-corrected chi connectivity index (χ0v) is 10.2. The van der Waals surface area contributed by atoms with Crippen molar-refractivity contribution in [2.24, 2.45) is 0 Å². The lowest BCUT2D eigenvalue weighted by molar-refractivity contribution is -0.135. The third-order valence-corrected chi connectivity index (χ3v) is 3.27. The number of nitrogens with one attached hydrogen (secondary N) is 1. The molecule has 0 spiro atoms.